The fourth-order valence-corrected chi connectivity index (χ4v) is 17.1. The Bertz CT molecular complexity index is 2640. The van der Waals surface area contributed by atoms with Gasteiger partial charge in [0.25, 0.3) is 0 Å². The molecule has 2 unspecified atom stereocenters. The van der Waals surface area contributed by atoms with Crippen molar-refractivity contribution in [3.8, 4) is 46.0 Å². The van der Waals surface area contributed by atoms with Crippen LogP contribution in [0.5, 0.6) is 46.0 Å². The first-order chi connectivity index (χ1) is 37.0. The Kier molecular flexibility index (Phi) is 15.0. The largest absolute Gasteiger partial charge is 0.489 e. The van der Waals surface area contributed by atoms with Crippen LogP contribution in [0.25, 0.3) is 0 Å². The molecule has 0 amide bonds. The predicted octanol–water partition coefficient (Wildman–Crippen LogP) is 15.2. The Morgan fingerprint density at radius 2 is 0.579 bits per heavy atom. The van der Waals surface area contributed by atoms with Crippen molar-refractivity contribution >= 4 is 0 Å². The van der Waals surface area contributed by atoms with E-state index in [2.05, 4.69) is 125 Å². The Labute approximate surface area is 452 Å². The summed E-state index contributed by atoms with van der Waals surface area (Å²) >= 11 is 0. The molecule has 8 aliphatic rings. The van der Waals surface area contributed by atoms with Gasteiger partial charge in [-0.05, 0) is 124 Å². The molecule has 4 aromatic carbocycles. The van der Waals surface area contributed by atoms with Gasteiger partial charge in [-0.25, -0.2) is 0 Å². The second-order valence-electron chi connectivity index (χ2n) is 23.1. The maximum Gasteiger partial charge on any atom is 0.127 e. The summed E-state index contributed by atoms with van der Waals surface area (Å²) < 4.78 is 52.4. The zero-order chi connectivity index (χ0) is 53.0. The lowest BCUT2D eigenvalue weighted by atomic mass is 9.25. The van der Waals surface area contributed by atoms with Crippen LogP contribution in [0.3, 0.4) is 0 Å². The minimum atomic E-state index is -0.386. The normalized spacial score (nSPS) is 29.1. The van der Waals surface area contributed by atoms with Gasteiger partial charge in [0.05, 0.1) is 0 Å². The average molecular weight is 1020 g/mol. The van der Waals surface area contributed by atoms with Gasteiger partial charge in [0.2, 0.25) is 0 Å². The van der Waals surface area contributed by atoms with Crippen LogP contribution in [0.2, 0.25) is 0 Å². The van der Waals surface area contributed by atoms with E-state index >= 15 is 0 Å². The smallest absolute Gasteiger partial charge is 0.127 e. The third-order valence-electron chi connectivity index (χ3n) is 18.2. The average Bonchev–Trinajstić information content (AvgIpc) is 3.61. The van der Waals surface area contributed by atoms with Crippen LogP contribution in [-0.2, 0) is 21.7 Å². The van der Waals surface area contributed by atoms with Crippen molar-refractivity contribution in [1.29, 1.82) is 0 Å². The van der Waals surface area contributed by atoms with E-state index < -0.39 is 0 Å². The molecule has 8 fully saturated rings. The van der Waals surface area contributed by atoms with Crippen LogP contribution in [0.15, 0.2) is 174 Å². The van der Waals surface area contributed by atoms with Crippen LogP contribution in [0, 0.1) is 22.7 Å². The van der Waals surface area contributed by atoms with E-state index in [1.807, 2.05) is 24.3 Å². The molecule has 398 valence electrons. The summed E-state index contributed by atoms with van der Waals surface area (Å²) in [5.41, 5.74) is 3.49. The van der Waals surface area contributed by atoms with Gasteiger partial charge in [-0.15, -0.1) is 0 Å². The second kappa shape index (κ2) is 21.7. The predicted molar refractivity (Wildman–Crippen MR) is 305 cm³/mol. The highest BCUT2D eigenvalue weighted by Gasteiger charge is 2.76. The summed E-state index contributed by atoms with van der Waals surface area (Å²) in [7, 11) is 0. The lowest BCUT2D eigenvalue weighted by Gasteiger charge is -2.78. The van der Waals surface area contributed by atoms with Gasteiger partial charge in [0.15, 0.2) is 0 Å². The molecule has 0 aliphatic heterocycles. The molecule has 8 nitrogen and oxygen atoms in total. The van der Waals surface area contributed by atoms with Gasteiger partial charge in [0, 0.05) is 68.2 Å². The summed E-state index contributed by atoms with van der Waals surface area (Å²) in [5, 5.41) is 0. The summed E-state index contributed by atoms with van der Waals surface area (Å²) in [6.45, 7) is 35.2. The SMILES string of the molecule is C=CCOc1ccc(C23CC4CC(C2)CC(C25CC6(c7ccc(OCC=C)cc7OCC=C)CC(c7ccc(OCC=C)cc7OCC=C)(CC(c7ccc(OCC=C)cc7OCC=C)(C6)C2)C5)(C4)C3)c(OCC=C)c1. The van der Waals surface area contributed by atoms with Crippen LogP contribution >= 0.6 is 0 Å². The number of ether oxygens (including phenoxy) is 8. The molecule has 8 aliphatic carbocycles. The quantitative estimate of drug-likeness (QED) is 0.0498. The van der Waals surface area contributed by atoms with Gasteiger partial charge < -0.3 is 37.9 Å². The lowest BCUT2D eigenvalue weighted by Crippen LogP contribution is -2.72. The molecule has 0 heterocycles. The first kappa shape index (κ1) is 52.6. The van der Waals surface area contributed by atoms with Crippen LogP contribution in [0.4, 0.5) is 0 Å². The molecule has 2 atom stereocenters. The van der Waals surface area contributed by atoms with E-state index in [9.17, 15) is 0 Å². The molecule has 0 radical (unpaired) electrons. The standard InChI is InChI=1S/C68H78O8/c1-9-25-69-51-17-21-55(59(34-51)73-29-13-5)63-38-49-33-50(39-63)41-67(40-49,45-63)68-46-64(56-22-18-52(70-26-10-2)35-60(56)74-30-14-6)42-65(47-68,57-23-19-53(71-27-11-3)36-61(57)75-31-15-7)44-66(43-64,48-68)58-24-20-54(72-28-12-4)37-62(58)76-32-16-8/h9-24,34-37,49-50H,1-8,25-33,38-48H2. The van der Waals surface area contributed by atoms with E-state index in [1.165, 1.54) is 41.5 Å². The van der Waals surface area contributed by atoms with Crippen molar-refractivity contribution in [2.45, 2.75) is 98.7 Å². The van der Waals surface area contributed by atoms with Crippen molar-refractivity contribution in [3.05, 3.63) is 196 Å². The van der Waals surface area contributed by atoms with E-state index in [0.717, 1.165) is 104 Å². The summed E-state index contributed by atoms with van der Waals surface area (Å²) in [6, 6.07) is 26.3. The fraction of sp³-hybridized carbons (Fsp3) is 0.412. The molecule has 76 heavy (non-hydrogen) atoms. The van der Waals surface area contributed by atoms with E-state index in [-0.39, 0.29) is 32.5 Å². The minimum absolute atomic E-state index is 0.0345. The maximum absolute atomic E-state index is 6.89. The van der Waals surface area contributed by atoms with Crippen LogP contribution < -0.4 is 37.9 Å². The highest BCUT2D eigenvalue weighted by Crippen LogP contribution is 2.84. The third kappa shape index (κ3) is 9.49. The molecule has 4 aromatic rings. The van der Waals surface area contributed by atoms with E-state index in [4.69, 9.17) is 37.9 Å². The lowest BCUT2D eigenvalue weighted by molar-refractivity contribution is -0.226. The number of benzene rings is 4. The summed E-state index contributed by atoms with van der Waals surface area (Å²) in [4.78, 5) is 0. The molecular formula is C68H78O8. The molecule has 12 rings (SSSR count). The first-order valence-electron chi connectivity index (χ1n) is 27.5. The molecule has 0 spiro atoms. The van der Waals surface area contributed by atoms with Gasteiger partial charge in [-0.2, -0.15) is 0 Å². The topological polar surface area (TPSA) is 73.8 Å². The van der Waals surface area contributed by atoms with Crippen LogP contribution in [-0.4, -0.2) is 52.9 Å². The molecule has 0 aromatic heterocycles. The van der Waals surface area contributed by atoms with Gasteiger partial charge >= 0.3 is 0 Å². The van der Waals surface area contributed by atoms with Gasteiger partial charge in [-0.1, -0.05) is 126 Å². The first-order valence-corrected chi connectivity index (χ1v) is 27.5. The van der Waals surface area contributed by atoms with E-state index in [1.54, 1.807) is 24.3 Å². The number of rotatable bonds is 29. The third-order valence-corrected chi connectivity index (χ3v) is 18.2. The zero-order valence-electron chi connectivity index (χ0n) is 44.8. The van der Waals surface area contributed by atoms with Gasteiger partial charge in [-0.3, -0.25) is 0 Å². The van der Waals surface area contributed by atoms with E-state index in [0.29, 0.717) is 64.7 Å². The van der Waals surface area contributed by atoms with Crippen molar-refractivity contribution < 1.29 is 37.9 Å². The van der Waals surface area contributed by atoms with Crippen molar-refractivity contribution in [1.82, 2.24) is 0 Å². The molecule has 0 saturated heterocycles. The van der Waals surface area contributed by atoms with Crippen molar-refractivity contribution in [2.75, 3.05) is 52.9 Å². The molecule has 0 N–H and O–H groups in total. The Hall–Kier alpha value is -6.80. The Morgan fingerprint density at radius 3 is 0.868 bits per heavy atom. The Morgan fingerprint density at radius 1 is 0.316 bits per heavy atom. The second-order valence-corrected chi connectivity index (χ2v) is 23.1. The molecule has 8 bridgehead atoms. The van der Waals surface area contributed by atoms with Crippen molar-refractivity contribution in [2.24, 2.45) is 22.7 Å². The molecule has 8 saturated carbocycles. The number of hydrogen-bond donors (Lipinski definition) is 0. The van der Waals surface area contributed by atoms with Crippen LogP contribution in [0.1, 0.15) is 99.3 Å². The minimum Gasteiger partial charge on any atom is -0.489 e. The summed E-state index contributed by atoms with van der Waals surface area (Å²) in [5.74, 6) is 7.56. The van der Waals surface area contributed by atoms with Crippen molar-refractivity contribution in [3.63, 3.8) is 0 Å². The highest BCUT2D eigenvalue weighted by atomic mass is 16.5. The number of hydrogen-bond acceptors (Lipinski definition) is 8. The van der Waals surface area contributed by atoms with Gasteiger partial charge in [0.1, 0.15) is 98.9 Å². The summed E-state index contributed by atoms with van der Waals surface area (Å²) in [6.07, 6.45) is 27.2. The Balaban J connectivity index is 1.25. The highest BCUT2D eigenvalue weighted by molar-refractivity contribution is 5.58. The molecular weight excluding hydrogens is 945 g/mol. The zero-order valence-corrected chi connectivity index (χ0v) is 44.8. The monoisotopic (exact) mass is 1020 g/mol. The molecule has 8 heteroatoms. The maximum atomic E-state index is 6.89. The fourth-order valence-electron chi connectivity index (χ4n) is 17.1.